The third-order valence-corrected chi connectivity index (χ3v) is 8.69. The number of anilines is 3. The van der Waals surface area contributed by atoms with Crippen molar-refractivity contribution in [2.24, 2.45) is 5.92 Å². The molecule has 1 atom stereocenters. The summed E-state index contributed by atoms with van der Waals surface area (Å²) in [7, 11) is 0. The molecule has 3 aromatic rings. The number of piperidine rings is 1. The molecule has 0 amide bonds. The van der Waals surface area contributed by atoms with E-state index in [4.69, 9.17) is 4.74 Å². The van der Waals surface area contributed by atoms with E-state index in [9.17, 15) is 5.11 Å². The van der Waals surface area contributed by atoms with Crippen molar-refractivity contribution in [2.75, 3.05) is 29.9 Å². The van der Waals surface area contributed by atoms with E-state index >= 15 is 13.2 Å². The number of nitrogens with zero attached hydrogens (tertiary/aromatic N) is 4. The van der Waals surface area contributed by atoms with Crippen LogP contribution in [0.25, 0.3) is 11.3 Å². The fraction of sp³-hybridized carbons (Fsp3) is 0.515. The molecule has 232 valence electrons. The first-order valence-electron chi connectivity index (χ1n) is 15.1. The molecule has 0 bridgehead atoms. The zero-order valence-corrected chi connectivity index (χ0v) is 25.8. The Bertz CT molecular complexity index is 1470. The van der Waals surface area contributed by atoms with Gasteiger partial charge in [-0.05, 0) is 97.2 Å². The maximum absolute atomic E-state index is 15.4. The second kappa shape index (κ2) is 12.0. The Labute approximate surface area is 252 Å². The molecule has 2 aliphatic rings. The summed E-state index contributed by atoms with van der Waals surface area (Å²) in [6.07, 6.45) is 3.59. The highest BCUT2D eigenvalue weighted by Crippen LogP contribution is 2.43. The Balaban J connectivity index is 1.34. The van der Waals surface area contributed by atoms with Crippen LogP contribution in [-0.2, 0) is 6.54 Å². The lowest BCUT2D eigenvalue weighted by Crippen LogP contribution is -2.50. The van der Waals surface area contributed by atoms with Gasteiger partial charge in [-0.1, -0.05) is 13.0 Å². The van der Waals surface area contributed by atoms with Crippen LogP contribution in [0.1, 0.15) is 66.4 Å². The standard InChI is InChI=1S/C33H42F3N5O2/c1-7-20(2)41-19-32(3,4)43-30-26(35)14-22(15-28(30)41)29-27(36)17-37-31(39-29)38-24-9-8-21(25(34)16-24)18-40-12-10-23(11-13-40)33(5,6)42/h8-9,14-17,20,23,42H,7,10-13,18-19H2,1-6H3,(H,37,38,39). The fourth-order valence-electron chi connectivity index (χ4n) is 6.00. The van der Waals surface area contributed by atoms with E-state index in [1.807, 2.05) is 27.7 Å². The Kier molecular flexibility index (Phi) is 8.64. The average Bonchev–Trinajstić information content (AvgIpc) is 2.94. The first kappa shape index (κ1) is 31.1. The first-order valence-corrected chi connectivity index (χ1v) is 15.1. The van der Waals surface area contributed by atoms with Crippen LogP contribution in [0.5, 0.6) is 5.75 Å². The molecule has 2 aliphatic heterocycles. The minimum Gasteiger partial charge on any atom is -0.481 e. The molecular weight excluding hydrogens is 555 g/mol. The summed E-state index contributed by atoms with van der Waals surface area (Å²) in [5.74, 6) is -1.23. The molecular formula is C33H42F3N5O2. The van der Waals surface area contributed by atoms with Crippen LogP contribution in [0.3, 0.4) is 0 Å². The van der Waals surface area contributed by atoms with E-state index in [1.165, 1.54) is 12.1 Å². The van der Waals surface area contributed by atoms with Crippen molar-refractivity contribution in [3.05, 3.63) is 59.5 Å². The number of rotatable bonds is 8. The number of benzene rings is 2. The summed E-state index contributed by atoms with van der Waals surface area (Å²) in [5, 5.41) is 13.2. The smallest absolute Gasteiger partial charge is 0.227 e. The van der Waals surface area contributed by atoms with Gasteiger partial charge in [0, 0.05) is 29.4 Å². The Hall–Kier alpha value is -3.37. The molecule has 2 N–H and O–H groups in total. The SMILES string of the molecule is CCC(C)N1CC(C)(C)Oc2c(F)cc(-c3nc(Nc4ccc(CN5CCC(C(C)(C)O)CC5)c(F)c4)ncc3F)cc21. The van der Waals surface area contributed by atoms with E-state index < -0.39 is 22.8 Å². The molecule has 1 unspecified atom stereocenters. The number of nitrogens with one attached hydrogen (secondary N) is 1. The number of halogens is 3. The van der Waals surface area contributed by atoms with Gasteiger partial charge in [-0.25, -0.2) is 23.1 Å². The van der Waals surface area contributed by atoms with Crippen molar-refractivity contribution in [1.29, 1.82) is 0 Å². The number of hydrogen-bond donors (Lipinski definition) is 2. The fourth-order valence-corrected chi connectivity index (χ4v) is 6.00. The van der Waals surface area contributed by atoms with Gasteiger partial charge in [0.05, 0.1) is 24.0 Å². The molecule has 2 aromatic carbocycles. The Morgan fingerprint density at radius 2 is 1.81 bits per heavy atom. The number of hydrogen-bond acceptors (Lipinski definition) is 7. The molecule has 43 heavy (non-hydrogen) atoms. The minimum atomic E-state index is -0.708. The van der Waals surface area contributed by atoms with Gasteiger partial charge in [0.15, 0.2) is 17.4 Å². The highest BCUT2D eigenvalue weighted by molar-refractivity contribution is 5.73. The molecule has 1 fully saturated rings. The van der Waals surface area contributed by atoms with Crippen LogP contribution in [-0.4, -0.2) is 56.9 Å². The maximum Gasteiger partial charge on any atom is 0.227 e. The van der Waals surface area contributed by atoms with E-state index in [0.29, 0.717) is 30.0 Å². The summed E-state index contributed by atoms with van der Waals surface area (Å²) in [6.45, 7) is 14.3. The summed E-state index contributed by atoms with van der Waals surface area (Å²) in [4.78, 5) is 12.7. The normalized spacial score (nSPS) is 18.2. The van der Waals surface area contributed by atoms with Crippen LogP contribution in [0.15, 0.2) is 36.5 Å². The molecule has 1 aromatic heterocycles. The molecule has 1 saturated heterocycles. The Morgan fingerprint density at radius 1 is 1.09 bits per heavy atom. The molecule has 0 saturated carbocycles. The third kappa shape index (κ3) is 6.91. The summed E-state index contributed by atoms with van der Waals surface area (Å²) in [6, 6.07) is 7.86. The van der Waals surface area contributed by atoms with E-state index in [-0.39, 0.29) is 40.7 Å². The van der Waals surface area contributed by atoms with Crippen molar-refractivity contribution in [3.63, 3.8) is 0 Å². The van der Waals surface area contributed by atoms with Crippen molar-refractivity contribution in [2.45, 2.75) is 84.6 Å². The van der Waals surface area contributed by atoms with E-state index in [0.717, 1.165) is 38.5 Å². The molecule has 7 nitrogen and oxygen atoms in total. The second-order valence-electron chi connectivity index (χ2n) is 13.1. The average molecular weight is 598 g/mol. The van der Waals surface area contributed by atoms with Crippen LogP contribution in [0.2, 0.25) is 0 Å². The topological polar surface area (TPSA) is 73.8 Å². The van der Waals surface area contributed by atoms with Gasteiger partial charge < -0.3 is 20.1 Å². The lowest BCUT2D eigenvalue weighted by molar-refractivity contribution is -0.0137. The van der Waals surface area contributed by atoms with Gasteiger partial charge in [0.25, 0.3) is 0 Å². The number of aromatic nitrogens is 2. The predicted molar refractivity (Wildman–Crippen MR) is 163 cm³/mol. The monoisotopic (exact) mass is 597 g/mol. The summed E-state index contributed by atoms with van der Waals surface area (Å²) < 4.78 is 51.5. The predicted octanol–water partition coefficient (Wildman–Crippen LogP) is 7.06. The number of ether oxygens (including phenoxy) is 1. The van der Waals surface area contributed by atoms with Gasteiger partial charge in [-0.15, -0.1) is 0 Å². The van der Waals surface area contributed by atoms with Gasteiger partial charge in [-0.3, -0.25) is 4.90 Å². The van der Waals surface area contributed by atoms with E-state index in [2.05, 4.69) is 38.9 Å². The van der Waals surface area contributed by atoms with Crippen molar-refractivity contribution in [3.8, 4) is 17.0 Å². The van der Waals surface area contributed by atoms with Crippen molar-refractivity contribution in [1.82, 2.24) is 14.9 Å². The van der Waals surface area contributed by atoms with Gasteiger partial charge in [0.1, 0.15) is 17.1 Å². The third-order valence-electron chi connectivity index (χ3n) is 8.69. The molecule has 0 spiro atoms. The van der Waals surface area contributed by atoms with E-state index in [1.54, 1.807) is 18.2 Å². The zero-order chi connectivity index (χ0) is 31.1. The number of aliphatic hydroxyl groups is 1. The van der Waals surface area contributed by atoms with Crippen LogP contribution in [0, 0.1) is 23.4 Å². The van der Waals surface area contributed by atoms with Crippen molar-refractivity contribution >= 4 is 17.3 Å². The molecule has 5 rings (SSSR count). The quantitative estimate of drug-likeness (QED) is 0.288. The van der Waals surface area contributed by atoms with Crippen LogP contribution in [0.4, 0.5) is 30.5 Å². The molecule has 3 heterocycles. The lowest BCUT2D eigenvalue weighted by Gasteiger charge is -2.44. The largest absolute Gasteiger partial charge is 0.481 e. The molecule has 0 radical (unpaired) electrons. The Morgan fingerprint density at radius 3 is 2.47 bits per heavy atom. The van der Waals surface area contributed by atoms with Gasteiger partial charge in [0.2, 0.25) is 5.95 Å². The first-order chi connectivity index (χ1) is 20.2. The lowest BCUT2D eigenvalue weighted by atomic mass is 9.83. The van der Waals surface area contributed by atoms with Crippen LogP contribution < -0.4 is 15.0 Å². The number of likely N-dealkylation sites (tertiary alicyclic amines) is 1. The molecule has 10 heteroatoms. The zero-order valence-electron chi connectivity index (χ0n) is 25.8. The van der Waals surface area contributed by atoms with Gasteiger partial charge >= 0.3 is 0 Å². The van der Waals surface area contributed by atoms with Crippen LogP contribution >= 0.6 is 0 Å². The summed E-state index contributed by atoms with van der Waals surface area (Å²) >= 11 is 0. The van der Waals surface area contributed by atoms with Gasteiger partial charge in [-0.2, -0.15) is 0 Å². The highest BCUT2D eigenvalue weighted by atomic mass is 19.1. The number of fused-ring (bicyclic) bond motifs is 1. The minimum absolute atomic E-state index is 0.0616. The van der Waals surface area contributed by atoms with Crippen molar-refractivity contribution < 1.29 is 23.0 Å². The summed E-state index contributed by atoms with van der Waals surface area (Å²) in [5.41, 5.74) is 0.419. The molecule has 0 aliphatic carbocycles. The highest BCUT2D eigenvalue weighted by Gasteiger charge is 2.36. The second-order valence-corrected chi connectivity index (χ2v) is 13.1. The maximum atomic E-state index is 15.4.